The number of thioether (sulfide) groups is 2. The Morgan fingerprint density at radius 2 is 2.16 bits per heavy atom. The molecule has 0 spiro atoms. The molecule has 1 fully saturated rings. The van der Waals surface area contributed by atoms with Gasteiger partial charge in [0.25, 0.3) is 0 Å². The minimum Gasteiger partial charge on any atom is -0.496 e. The number of methoxy groups -OCH3 is 1. The number of hydrogen-bond donors (Lipinski definition) is 2. The first kappa shape index (κ1) is 15.0. The first-order valence-corrected chi connectivity index (χ1v) is 8.30. The first-order valence-electron chi connectivity index (χ1n) is 6.20. The number of nitrogens with two attached hydrogens (primary N) is 1. The van der Waals surface area contributed by atoms with Crippen LogP contribution in [0.3, 0.4) is 0 Å². The predicted molar refractivity (Wildman–Crippen MR) is 81.2 cm³/mol. The maximum absolute atomic E-state index is 13.5. The van der Waals surface area contributed by atoms with Crippen molar-refractivity contribution in [2.45, 2.75) is 23.5 Å². The van der Waals surface area contributed by atoms with Crippen molar-refractivity contribution in [3.8, 4) is 5.75 Å². The van der Waals surface area contributed by atoms with Gasteiger partial charge in [-0.05, 0) is 18.2 Å². The fourth-order valence-electron chi connectivity index (χ4n) is 2.33. The SMILES string of the molecule is COc1ccc(F)cc1C(NN)C1SCCSC1C. The van der Waals surface area contributed by atoms with E-state index >= 15 is 0 Å². The van der Waals surface area contributed by atoms with Gasteiger partial charge in [0.1, 0.15) is 11.6 Å². The molecule has 0 amide bonds. The van der Waals surface area contributed by atoms with Gasteiger partial charge in [0, 0.05) is 27.6 Å². The number of benzene rings is 1. The lowest BCUT2D eigenvalue weighted by molar-refractivity contribution is 0.395. The second kappa shape index (κ2) is 6.83. The van der Waals surface area contributed by atoms with Gasteiger partial charge in [0.2, 0.25) is 0 Å². The fourth-order valence-corrected chi connectivity index (χ4v) is 5.25. The van der Waals surface area contributed by atoms with Crippen LogP contribution in [0.4, 0.5) is 4.39 Å². The van der Waals surface area contributed by atoms with Crippen molar-refractivity contribution in [1.29, 1.82) is 0 Å². The van der Waals surface area contributed by atoms with E-state index in [-0.39, 0.29) is 11.9 Å². The van der Waals surface area contributed by atoms with Gasteiger partial charge in [-0.25, -0.2) is 4.39 Å². The molecule has 6 heteroatoms. The molecular weight excluding hydrogens is 283 g/mol. The molecule has 1 heterocycles. The van der Waals surface area contributed by atoms with E-state index in [2.05, 4.69) is 12.3 Å². The summed E-state index contributed by atoms with van der Waals surface area (Å²) in [4.78, 5) is 0. The van der Waals surface area contributed by atoms with Crippen molar-refractivity contribution >= 4 is 23.5 Å². The molecule has 1 aliphatic heterocycles. The van der Waals surface area contributed by atoms with Crippen LogP contribution < -0.4 is 16.0 Å². The average molecular weight is 302 g/mol. The van der Waals surface area contributed by atoms with Crippen LogP contribution >= 0.6 is 23.5 Å². The molecule has 1 aromatic rings. The Hall–Kier alpha value is -0.430. The number of nitrogens with one attached hydrogen (secondary N) is 1. The fraction of sp³-hybridized carbons (Fsp3) is 0.538. The number of ether oxygens (including phenoxy) is 1. The molecular formula is C13H19FN2OS2. The Kier molecular flexibility index (Phi) is 5.38. The van der Waals surface area contributed by atoms with Gasteiger partial charge < -0.3 is 4.74 Å². The molecule has 3 nitrogen and oxygen atoms in total. The number of hydrazine groups is 1. The number of hydrogen-bond acceptors (Lipinski definition) is 5. The Morgan fingerprint density at radius 1 is 1.42 bits per heavy atom. The highest BCUT2D eigenvalue weighted by atomic mass is 32.2. The quantitative estimate of drug-likeness (QED) is 0.661. The lowest BCUT2D eigenvalue weighted by Gasteiger charge is -2.34. The monoisotopic (exact) mass is 302 g/mol. The molecule has 2 rings (SSSR count). The highest BCUT2D eigenvalue weighted by molar-refractivity contribution is 8.07. The van der Waals surface area contributed by atoms with Gasteiger partial charge in [-0.2, -0.15) is 23.5 Å². The summed E-state index contributed by atoms with van der Waals surface area (Å²) in [6.07, 6.45) is 0. The van der Waals surface area contributed by atoms with Crippen molar-refractivity contribution in [3.63, 3.8) is 0 Å². The third-order valence-electron chi connectivity index (χ3n) is 3.27. The van der Waals surface area contributed by atoms with Crippen LogP contribution in [0.1, 0.15) is 18.5 Å². The van der Waals surface area contributed by atoms with Crippen molar-refractivity contribution in [2.24, 2.45) is 5.84 Å². The smallest absolute Gasteiger partial charge is 0.123 e. The van der Waals surface area contributed by atoms with Gasteiger partial charge in [-0.3, -0.25) is 11.3 Å². The largest absolute Gasteiger partial charge is 0.496 e. The van der Waals surface area contributed by atoms with Crippen molar-refractivity contribution in [1.82, 2.24) is 5.43 Å². The van der Waals surface area contributed by atoms with Crippen molar-refractivity contribution in [3.05, 3.63) is 29.6 Å². The molecule has 1 aliphatic rings. The maximum atomic E-state index is 13.5. The molecule has 3 atom stereocenters. The molecule has 106 valence electrons. The maximum Gasteiger partial charge on any atom is 0.123 e. The summed E-state index contributed by atoms with van der Waals surface area (Å²) in [5.41, 5.74) is 3.63. The number of rotatable bonds is 4. The summed E-state index contributed by atoms with van der Waals surface area (Å²) >= 11 is 3.81. The molecule has 3 N–H and O–H groups in total. The zero-order valence-electron chi connectivity index (χ0n) is 11.1. The van der Waals surface area contributed by atoms with Crippen LogP contribution in [0.2, 0.25) is 0 Å². The Bertz CT molecular complexity index is 433. The average Bonchev–Trinajstić information content (AvgIpc) is 2.42. The van der Waals surface area contributed by atoms with Crippen LogP contribution in [0.15, 0.2) is 18.2 Å². The van der Waals surface area contributed by atoms with Gasteiger partial charge in [-0.15, -0.1) is 0 Å². The summed E-state index contributed by atoms with van der Waals surface area (Å²) in [5.74, 6) is 8.37. The zero-order valence-corrected chi connectivity index (χ0v) is 12.7. The molecule has 3 unspecified atom stereocenters. The number of halogens is 1. The van der Waals surface area contributed by atoms with E-state index in [0.29, 0.717) is 16.2 Å². The van der Waals surface area contributed by atoms with Gasteiger partial charge in [-0.1, -0.05) is 6.92 Å². The standard InChI is InChI=1S/C13H19FN2OS2/c1-8-13(19-6-5-18-8)12(16-15)10-7-9(14)3-4-11(10)17-2/h3-4,7-8,12-13,16H,5-6,15H2,1-2H3. The second-order valence-corrected chi connectivity index (χ2v) is 7.21. The molecule has 0 aliphatic carbocycles. The molecule has 19 heavy (non-hydrogen) atoms. The highest BCUT2D eigenvalue weighted by Gasteiger charge is 2.32. The molecule has 0 aromatic heterocycles. The van der Waals surface area contributed by atoms with E-state index in [1.807, 2.05) is 23.5 Å². The van der Waals surface area contributed by atoms with Crippen LogP contribution in [0.25, 0.3) is 0 Å². The lowest BCUT2D eigenvalue weighted by atomic mass is 10.0. The van der Waals surface area contributed by atoms with Crippen LogP contribution in [0, 0.1) is 5.82 Å². The molecule has 0 bridgehead atoms. The Morgan fingerprint density at radius 3 is 2.79 bits per heavy atom. The van der Waals surface area contributed by atoms with Crippen LogP contribution in [-0.4, -0.2) is 29.1 Å². The predicted octanol–water partition coefficient (Wildman–Crippen LogP) is 2.58. The van der Waals surface area contributed by atoms with E-state index in [1.165, 1.54) is 12.1 Å². The van der Waals surface area contributed by atoms with Crippen molar-refractivity contribution in [2.75, 3.05) is 18.6 Å². The topological polar surface area (TPSA) is 47.3 Å². The van der Waals surface area contributed by atoms with Gasteiger partial charge in [0.05, 0.1) is 13.2 Å². The van der Waals surface area contributed by atoms with Gasteiger partial charge >= 0.3 is 0 Å². The van der Waals surface area contributed by atoms with Crippen LogP contribution in [-0.2, 0) is 0 Å². The summed E-state index contributed by atoms with van der Waals surface area (Å²) < 4.78 is 18.8. The van der Waals surface area contributed by atoms with E-state index in [0.717, 1.165) is 17.1 Å². The molecule has 0 saturated carbocycles. The van der Waals surface area contributed by atoms with Crippen LogP contribution in [0.5, 0.6) is 5.75 Å². The lowest BCUT2D eigenvalue weighted by Crippen LogP contribution is -2.41. The summed E-state index contributed by atoms with van der Waals surface area (Å²) in [6.45, 7) is 2.19. The molecule has 1 saturated heterocycles. The van der Waals surface area contributed by atoms with E-state index in [9.17, 15) is 4.39 Å². The minimum atomic E-state index is -0.267. The van der Waals surface area contributed by atoms with Gasteiger partial charge in [0.15, 0.2) is 0 Å². The third kappa shape index (κ3) is 3.37. The first-order chi connectivity index (χ1) is 9.17. The zero-order chi connectivity index (χ0) is 13.8. The third-order valence-corrected chi connectivity index (χ3v) is 6.47. The van der Waals surface area contributed by atoms with E-state index in [1.54, 1.807) is 13.2 Å². The minimum absolute atomic E-state index is 0.113. The molecule has 0 radical (unpaired) electrons. The van der Waals surface area contributed by atoms with E-state index < -0.39 is 0 Å². The van der Waals surface area contributed by atoms with Crippen molar-refractivity contribution < 1.29 is 9.13 Å². The molecule has 1 aromatic carbocycles. The second-order valence-electron chi connectivity index (χ2n) is 4.44. The normalized spacial score (nSPS) is 25.1. The highest BCUT2D eigenvalue weighted by Crippen LogP contribution is 2.40. The Labute approximate surface area is 121 Å². The summed E-state index contributed by atoms with van der Waals surface area (Å²) in [5, 5.41) is 0.771. The summed E-state index contributed by atoms with van der Waals surface area (Å²) in [6, 6.07) is 4.46. The van der Waals surface area contributed by atoms with E-state index in [4.69, 9.17) is 10.6 Å². The summed E-state index contributed by atoms with van der Waals surface area (Å²) in [7, 11) is 1.59. The Balaban J connectivity index is 2.32.